The van der Waals surface area contributed by atoms with Crippen molar-refractivity contribution in [1.29, 1.82) is 0 Å². The van der Waals surface area contributed by atoms with Crippen LogP contribution in [0, 0.1) is 0 Å². The maximum Gasteiger partial charge on any atom is 0.254 e. The number of nitrogens with zero attached hydrogens (tertiary/aromatic N) is 2. The smallest absolute Gasteiger partial charge is 0.254 e. The van der Waals surface area contributed by atoms with Crippen LogP contribution in [0.5, 0.6) is 5.75 Å². The second-order valence-electron chi connectivity index (χ2n) is 4.51. The van der Waals surface area contributed by atoms with Crippen LogP contribution >= 0.6 is 0 Å². The van der Waals surface area contributed by atoms with Crippen molar-refractivity contribution in [3.05, 3.63) is 53.9 Å². The van der Waals surface area contributed by atoms with Gasteiger partial charge in [0.25, 0.3) is 5.91 Å². The van der Waals surface area contributed by atoms with E-state index in [1.807, 2.05) is 12.1 Å². The Bertz CT molecular complexity index is 599. The fourth-order valence-electron chi connectivity index (χ4n) is 1.92. The summed E-state index contributed by atoms with van der Waals surface area (Å²) in [4.78, 5) is 18.0. The third kappa shape index (κ3) is 3.26. The summed E-state index contributed by atoms with van der Waals surface area (Å²) in [7, 11) is 3.29. The van der Waals surface area contributed by atoms with E-state index >= 15 is 0 Å². The molecule has 104 valence electrons. The highest BCUT2D eigenvalue weighted by atomic mass is 16.5. The summed E-state index contributed by atoms with van der Waals surface area (Å²) < 4.78 is 5.12. The molecule has 0 aliphatic rings. The summed E-state index contributed by atoms with van der Waals surface area (Å²) in [6.45, 7) is 0.512. The Kier molecular flexibility index (Phi) is 4.20. The lowest BCUT2D eigenvalue weighted by Crippen LogP contribution is -2.26. The van der Waals surface area contributed by atoms with Crippen molar-refractivity contribution in [3.63, 3.8) is 0 Å². The molecule has 2 aromatic rings. The zero-order valence-corrected chi connectivity index (χ0v) is 11.5. The van der Waals surface area contributed by atoms with E-state index in [1.54, 1.807) is 49.7 Å². The van der Waals surface area contributed by atoms with Crippen molar-refractivity contribution in [2.24, 2.45) is 0 Å². The lowest BCUT2D eigenvalue weighted by Gasteiger charge is -2.18. The lowest BCUT2D eigenvalue weighted by atomic mass is 10.1. The molecule has 20 heavy (non-hydrogen) atoms. The summed E-state index contributed by atoms with van der Waals surface area (Å²) >= 11 is 0. The number of benzene rings is 1. The molecule has 0 aliphatic carbocycles. The first kappa shape index (κ1) is 13.9. The number of hydrogen-bond acceptors (Lipinski definition) is 4. The number of rotatable bonds is 4. The van der Waals surface area contributed by atoms with E-state index in [9.17, 15) is 4.79 Å². The zero-order chi connectivity index (χ0) is 14.5. The summed E-state index contributed by atoms with van der Waals surface area (Å²) in [6.07, 6.45) is 3.41. The van der Waals surface area contributed by atoms with Crippen LogP contribution in [0.4, 0.5) is 5.69 Å². The molecule has 0 aliphatic heterocycles. The van der Waals surface area contributed by atoms with Gasteiger partial charge in [-0.05, 0) is 29.8 Å². The van der Waals surface area contributed by atoms with Crippen molar-refractivity contribution in [3.8, 4) is 5.75 Å². The third-order valence-electron chi connectivity index (χ3n) is 2.93. The first-order valence-electron chi connectivity index (χ1n) is 6.19. The first-order chi connectivity index (χ1) is 9.60. The van der Waals surface area contributed by atoms with Crippen LogP contribution in [-0.2, 0) is 6.54 Å². The molecule has 0 bridgehead atoms. The normalized spacial score (nSPS) is 10.1. The largest absolute Gasteiger partial charge is 0.497 e. The van der Waals surface area contributed by atoms with E-state index in [2.05, 4.69) is 4.98 Å². The van der Waals surface area contributed by atoms with Gasteiger partial charge >= 0.3 is 0 Å². The van der Waals surface area contributed by atoms with E-state index in [-0.39, 0.29) is 5.91 Å². The highest BCUT2D eigenvalue weighted by Crippen LogP contribution is 2.20. The third-order valence-corrected chi connectivity index (χ3v) is 2.93. The van der Waals surface area contributed by atoms with Crippen LogP contribution in [-0.4, -0.2) is 29.9 Å². The average molecular weight is 271 g/mol. The quantitative estimate of drug-likeness (QED) is 0.863. The Balaban J connectivity index is 2.16. The van der Waals surface area contributed by atoms with Gasteiger partial charge in [0.2, 0.25) is 0 Å². The highest BCUT2D eigenvalue weighted by Gasteiger charge is 2.13. The van der Waals surface area contributed by atoms with E-state index in [0.717, 1.165) is 5.56 Å². The fraction of sp³-hybridized carbons (Fsp3) is 0.200. The van der Waals surface area contributed by atoms with Gasteiger partial charge in [-0.25, -0.2) is 0 Å². The molecule has 0 unspecified atom stereocenters. The second-order valence-corrected chi connectivity index (χ2v) is 4.51. The number of aromatic nitrogens is 1. The summed E-state index contributed by atoms with van der Waals surface area (Å²) in [5.41, 5.74) is 7.80. The predicted octanol–water partition coefficient (Wildman–Crippen LogP) is 1.94. The molecule has 1 amide bonds. The SMILES string of the molecule is COc1cc(N)cc(C(=O)N(C)Cc2ccncc2)c1. The molecule has 0 fully saturated rings. The monoisotopic (exact) mass is 271 g/mol. The molecule has 0 saturated carbocycles. The van der Waals surface area contributed by atoms with Gasteiger partial charge < -0.3 is 15.4 Å². The number of hydrogen-bond donors (Lipinski definition) is 1. The summed E-state index contributed by atoms with van der Waals surface area (Å²) in [5.74, 6) is 0.470. The Morgan fingerprint density at radius 2 is 2.00 bits per heavy atom. The molecular weight excluding hydrogens is 254 g/mol. The molecule has 0 spiro atoms. The summed E-state index contributed by atoms with van der Waals surface area (Å²) in [6, 6.07) is 8.77. The molecule has 1 aromatic carbocycles. The molecule has 2 rings (SSSR count). The Morgan fingerprint density at radius 1 is 1.30 bits per heavy atom. The van der Waals surface area contributed by atoms with Crippen LogP contribution in [0.15, 0.2) is 42.7 Å². The van der Waals surface area contributed by atoms with Gasteiger partial charge in [-0.3, -0.25) is 9.78 Å². The van der Waals surface area contributed by atoms with Crippen molar-refractivity contribution < 1.29 is 9.53 Å². The fourth-order valence-corrected chi connectivity index (χ4v) is 1.92. The lowest BCUT2D eigenvalue weighted by molar-refractivity contribution is 0.0784. The number of nitrogen functional groups attached to an aromatic ring is 1. The number of amides is 1. The zero-order valence-electron chi connectivity index (χ0n) is 11.5. The Labute approximate surface area is 118 Å². The molecule has 2 N–H and O–H groups in total. The standard InChI is InChI=1S/C15H17N3O2/c1-18(10-11-3-5-17-6-4-11)15(19)12-7-13(16)9-14(8-12)20-2/h3-9H,10,16H2,1-2H3. The number of carbonyl (C=O) groups excluding carboxylic acids is 1. The molecule has 1 heterocycles. The molecule has 0 radical (unpaired) electrons. The predicted molar refractivity (Wildman–Crippen MR) is 77.4 cm³/mol. The number of methoxy groups -OCH3 is 1. The highest BCUT2D eigenvalue weighted by molar-refractivity contribution is 5.95. The molecule has 0 atom stereocenters. The van der Waals surface area contributed by atoms with E-state index in [0.29, 0.717) is 23.5 Å². The van der Waals surface area contributed by atoms with E-state index < -0.39 is 0 Å². The van der Waals surface area contributed by atoms with Crippen molar-refractivity contribution in [2.75, 3.05) is 19.9 Å². The number of carbonyl (C=O) groups is 1. The topological polar surface area (TPSA) is 68.5 Å². The Hall–Kier alpha value is -2.56. The van der Waals surface area contributed by atoms with E-state index in [1.165, 1.54) is 0 Å². The maximum absolute atomic E-state index is 12.4. The first-order valence-corrected chi connectivity index (χ1v) is 6.19. The van der Waals surface area contributed by atoms with Crippen LogP contribution in [0.25, 0.3) is 0 Å². The van der Waals surface area contributed by atoms with Crippen LogP contribution in [0.2, 0.25) is 0 Å². The van der Waals surface area contributed by atoms with Crippen molar-refractivity contribution in [2.45, 2.75) is 6.54 Å². The van der Waals surface area contributed by atoms with Gasteiger partial charge in [0, 0.05) is 43.3 Å². The number of nitrogens with two attached hydrogens (primary N) is 1. The number of ether oxygens (including phenoxy) is 1. The maximum atomic E-state index is 12.4. The minimum Gasteiger partial charge on any atom is -0.497 e. The van der Waals surface area contributed by atoms with Gasteiger partial charge in [0.1, 0.15) is 5.75 Å². The van der Waals surface area contributed by atoms with Crippen LogP contribution in [0.1, 0.15) is 15.9 Å². The van der Waals surface area contributed by atoms with E-state index in [4.69, 9.17) is 10.5 Å². The van der Waals surface area contributed by atoms with Crippen molar-refractivity contribution in [1.82, 2.24) is 9.88 Å². The number of anilines is 1. The average Bonchev–Trinajstić information content (AvgIpc) is 2.46. The number of pyridine rings is 1. The minimum absolute atomic E-state index is 0.104. The van der Waals surface area contributed by atoms with Gasteiger partial charge in [-0.2, -0.15) is 0 Å². The van der Waals surface area contributed by atoms with Gasteiger partial charge in [0.05, 0.1) is 7.11 Å². The molecular formula is C15H17N3O2. The Morgan fingerprint density at radius 3 is 2.65 bits per heavy atom. The minimum atomic E-state index is -0.104. The van der Waals surface area contributed by atoms with Gasteiger partial charge in [-0.1, -0.05) is 0 Å². The molecule has 5 heteroatoms. The summed E-state index contributed by atoms with van der Waals surface area (Å²) in [5, 5.41) is 0. The second kappa shape index (κ2) is 6.06. The van der Waals surface area contributed by atoms with Crippen LogP contribution < -0.4 is 10.5 Å². The van der Waals surface area contributed by atoms with Crippen molar-refractivity contribution >= 4 is 11.6 Å². The van der Waals surface area contributed by atoms with Gasteiger partial charge in [0.15, 0.2) is 0 Å². The molecule has 1 aromatic heterocycles. The van der Waals surface area contributed by atoms with Crippen LogP contribution in [0.3, 0.4) is 0 Å². The molecule has 0 saturated heterocycles. The molecule has 5 nitrogen and oxygen atoms in total. The van der Waals surface area contributed by atoms with Gasteiger partial charge in [-0.15, -0.1) is 0 Å².